The molecule has 0 saturated heterocycles. The Labute approximate surface area is 98.1 Å². The highest BCUT2D eigenvalue weighted by Crippen LogP contribution is 2.31. The van der Waals surface area contributed by atoms with Gasteiger partial charge in [0.05, 0.1) is 11.8 Å². The van der Waals surface area contributed by atoms with Crippen LogP contribution in [0.2, 0.25) is 0 Å². The van der Waals surface area contributed by atoms with Crippen LogP contribution in [-0.2, 0) is 0 Å². The van der Waals surface area contributed by atoms with Gasteiger partial charge in [0.15, 0.2) is 11.5 Å². The first-order valence-electron chi connectivity index (χ1n) is 5.38. The zero-order chi connectivity index (χ0) is 12.2. The molecule has 1 heterocycles. The van der Waals surface area contributed by atoms with E-state index >= 15 is 0 Å². The summed E-state index contributed by atoms with van der Waals surface area (Å²) in [5.41, 5.74) is 2.88. The number of hydrogen-bond donors (Lipinski definition) is 0. The van der Waals surface area contributed by atoms with Gasteiger partial charge in [0.25, 0.3) is 0 Å². The molecule has 0 spiro atoms. The number of carbonyl (C=O) groups excluding carboxylic acids is 2. The maximum Gasteiger partial charge on any atom is 0.229 e. The lowest BCUT2D eigenvalue weighted by Crippen LogP contribution is -2.21. The van der Waals surface area contributed by atoms with Gasteiger partial charge in [-0.3, -0.25) is 9.59 Å². The number of rotatable bonds is 0. The molecule has 0 atom stereocenters. The highest BCUT2D eigenvalue weighted by atomic mass is 16.3. The summed E-state index contributed by atoms with van der Waals surface area (Å²) in [6.45, 7) is 3.60. The van der Waals surface area contributed by atoms with Gasteiger partial charge in [-0.05, 0) is 25.0 Å². The maximum absolute atomic E-state index is 12.3. The van der Waals surface area contributed by atoms with Gasteiger partial charge in [0.1, 0.15) is 0 Å². The minimum absolute atomic E-state index is 0.121. The van der Waals surface area contributed by atoms with Crippen LogP contribution in [0.3, 0.4) is 0 Å². The summed E-state index contributed by atoms with van der Waals surface area (Å²) < 4.78 is 5.21. The van der Waals surface area contributed by atoms with Crippen LogP contribution in [0.1, 0.15) is 43.2 Å². The number of ketones is 2. The van der Waals surface area contributed by atoms with Gasteiger partial charge < -0.3 is 4.42 Å². The van der Waals surface area contributed by atoms with Crippen LogP contribution in [0.5, 0.6) is 0 Å². The molecular formula is C14H10O3. The second kappa shape index (κ2) is 3.17. The molecule has 3 nitrogen and oxygen atoms in total. The minimum Gasteiger partial charge on any atom is -0.460 e. The average Bonchev–Trinajstić information content (AvgIpc) is 2.68. The summed E-state index contributed by atoms with van der Waals surface area (Å²) >= 11 is 0. The predicted octanol–water partition coefficient (Wildman–Crippen LogP) is 2.67. The van der Waals surface area contributed by atoms with E-state index in [1.807, 2.05) is 13.0 Å². The predicted molar refractivity (Wildman–Crippen MR) is 61.5 cm³/mol. The third-order valence-corrected chi connectivity index (χ3v) is 3.15. The topological polar surface area (TPSA) is 47.3 Å². The molecule has 84 valence electrons. The van der Waals surface area contributed by atoms with Gasteiger partial charge in [0, 0.05) is 11.1 Å². The third-order valence-electron chi connectivity index (χ3n) is 3.15. The summed E-state index contributed by atoms with van der Waals surface area (Å²) in [7, 11) is 0. The molecule has 1 aliphatic rings. The standard InChI is InChI=1S/C14H10O3/c1-7-4-3-5-9-10(7)13(16)14-11(12(9)15)8(2)6-17-14/h3-6H,1-2H3. The Morgan fingerprint density at radius 2 is 1.71 bits per heavy atom. The van der Waals surface area contributed by atoms with Gasteiger partial charge in [0.2, 0.25) is 5.78 Å². The van der Waals surface area contributed by atoms with Crippen molar-refractivity contribution in [3.8, 4) is 0 Å². The van der Waals surface area contributed by atoms with E-state index in [4.69, 9.17) is 4.42 Å². The number of furan rings is 1. The largest absolute Gasteiger partial charge is 0.460 e. The normalized spacial score (nSPS) is 13.5. The smallest absolute Gasteiger partial charge is 0.229 e. The Morgan fingerprint density at radius 1 is 0.941 bits per heavy atom. The van der Waals surface area contributed by atoms with Crippen molar-refractivity contribution in [1.29, 1.82) is 0 Å². The van der Waals surface area contributed by atoms with Crippen molar-refractivity contribution in [3.63, 3.8) is 0 Å². The highest BCUT2D eigenvalue weighted by molar-refractivity contribution is 6.28. The van der Waals surface area contributed by atoms with E-state index in [1.165, 1.54) is 6.26 Å². The molecule has 2 aromatic rings. The molecule has 0 fully saturated rings. The molecule has 1 aliphatic carbocycles. The summed E-state index contributed by atoms with van der Waals surface area (Å²) in [5.74, 6) is -0.139. The van der Waals surface area contributed by atoms with Crippen molar-refractivity contribution >= 4 is 11.6 Å². The second-order valence-electron chi connectivity index (χ2n) is 4.28. The molecule has 0 bridgehead atoms. The average molecular weight is 226 g/mol. The molecule has 3 rings (SSSR count). The SMILES string of the molecule is Cc1cccc2c1C(=O)c1occ(C)c1C2=O. The molecular weight excluding hydrogens is 216 g/mol. The van der Waals surface area contributed by atoms with Crippen molar-refractivity contribution in [1.82, 2.24) is 0 Å². The number of benzene rings is 1. The fraction of sp³-hybridized carbons (Fsp3) is 0.143. The Balaban J connectivity index is 2.39. The van der Waals surface area contributed by atoms with Crippen LogP contribution in [0.25, 0.3) is 0 Å². The van der Waals surface area contributed by atoms with E-state index in [-0.39, 0.29) is 17.3 Å². The van der Waals surface area contributed by atoms with Gasteiger partial charge in [-0.1, -0.05) is 18.2 Å². The fourth-order valence-corrected chi connectivity index (χ4v) is 2.30. The minimum atomic E-state index is -0.194. The summed E-state index contributed by atoms with van der Waals surface area (Å²) in [4.78, 5) is 24.5. The van der Waals surface area contributed by atoms with E-state index in [0.29, 0.717) is 22.3 Å². The molecule has 1 aromatic heterocycles. The van der Waals surface area contributed by atoms with Crippen LogP contribution in [0, 0.1) is 13.8 Å². The zero-order valence-electron chi connectivity index (χ0n) is 9.53. The monoisotopic (exact) mass is 226 g/mol. The maximum atomic E-state index is 12.3. The highest BCUT2D eigenvalue weighted by Gasteiger charge is 2.34. The molecule has 3 heteroatoms. The third kappa shape index (κ3) is 1.16. The van der Waals surface area contributed by atoms with Crippen molar-refractivity contribution in [2.45, 2.75) is 13.8 Å². The Hall–Kier alpha value is -2.16. The number of carbonyl (C=O) groups is 2. The molecule has 17 heavy (non-hydrogen) atoms. The molecule has 0 unspecified atom stereocenters. The number of hydrogen-bond acceptors (Lipinski definition) is 3. The van der Waals surface area contributed by atoms with Crippen LogP contribution in [0.15, 0.2) is 28.9 Å². The molecule has 1 aromatic carbocycles. The fourth-order valence-electron chi connectivity index (χ4n) is 2.30. The van der Waals surface area contributed by atoms with Crippen LogP contribution >= 0.6 is 0 Å². The lowest BCUT2D eigenvalue weighted by molar-refractivity contribution is 0.0959. The van der Waals surface area contributed by atoms with Crippen molar-refractivity contribution in [3.05, 3.63) is 58.0 Å². The van der Waals surface area contributed by atoms with Gasteiger partial charge in [-0.25, -0.2) is 0 Å². The molecule has 0 aliphatic heterocycles. The quantitative estimate of drug-likeness (QED) is 0.592. The van der Waals surface area contributed by atoms with Crippen molar-refractivity contribution < 1.29 is 14.0 Å². The Morgan fingerprint density at radius 3 is 2.47 bits per heavy atom. The molecule has 0 N–H and O–H groups in total. The van der Waals surface area contributed by atoms with E-state index in [9.17, 15) is 9.59 Å². The molecule has 0 saturated carbocycles. The lowest BCUT2D eigenvalue weighted by atomic mass is 9.85. The second-order valence-corrected chi connectivity index (χ2v) is 4.28. The first-order valence-corrected chi connectivity index (χ1v) is 5.38. The first-order chi connectivity index (χ1) is 8.11. The van der Waals surface area contributed by atoms with Crippen molar-refractivity contribution in [2.24, 2.45) is 0 Å². The zero-order valence-corrected chi connectivity index (χ0v) is 9.53. The summed E-state index contributed by atoms with van der Waals surface area (Å²) in [5, 5.41) is 0. The Bertz CT molecular complexity index is 660. The summed E-state index contributed by atoms with van der Waals surface area (Å²) in [6.07, 6.45) is 1.46. The molecule has 0 amide bonds. The van der Waals surface area contributed by atoms with E-state index in [1.54, 1.807) is 19.1 Å². The molecule has 0 radical (unpaired) electrons. The lowest BCUT2D eigenvalue weighted by Gasteiger charge is -2.15. The van der Waals surface area contributed by atoms with Gasteiger partial charge in [-0.2, -0.15) is 0 Å². The van der Waals surface area contributed by atoms with Gasteiger partial charge >= 0.3 is 0 Å². The van der Waals surface area contributed by atoms with E-state index < -0.39 is 0 Å². The van der Waals surface area contributed by atoms with E-state index in [0.717, 1.165) is 5.56 Å². The number of fused-ring (bicyclic) bond motifs is 2. The van der Waals surface area contributed by atoms with E-state index in [2.05, 4.69) is 0 Å². The number of aryl methyl sites for hydroxylation is 2. The van der Waals surface area contributed by atoms with Gasteiger partial charge in [-0.15, -0.1) is 0 Å². The van der Waals surface area contributed by atoms with Crippen LogP contribution in [-0.4, -0.2) is 11.6 Å². The van der Waals surface area contributed by atoms with Crippen molar-refractivity contribution in [2.75, 3.05) is 0 Å². The Kier molecular flexibility index (Phi) is 1.87. The summed E-state index contributed by atoms with van der Waals surface area (Å²) in [6, 6.07) is 5.31. The van der Waals surface area contributed by atoms with Crippen LogP contribution < -0.4 is 0 Å². The first kappa shape index (κ1) is 10.0. The van der Waals surface area contributed by atoms with Crippen LogP contribution in [0.4, 0.5) is 0 Å².